The van der Waals surface area contributed by atoms with E-state index in [-0.39, 0.29) is 5.78 Å². The van der Waals surface area contributed by atoms with Crippen molar-refractivity contribution in [2.45, 2.75) is 50.3 Å². The molecule has 0 aromatic heterocycles. The minimum atomic E-state index is -1.10. The molecule has 0 aliphatic heterocycles. The summed E-state index contributed by atoms with van der Waals surface area (Å²) in [4.78, 5) is 13.6. The van der Waals surface area contributed by atoms with E-state index in [1.54, 1.807) is 0 Å². The van der Waals surface area contributed by atoms with Crippen LogP contribution in [0.3, 0.4) is 0 Å². The van der Waals surface area contributed by atoms with Gasteiger partial charge in [0.2, 0.25) is 0 Å². The first kappa shape index (κ1) is 25.7. The molecule has 4 unspecified atom stereocenters. The van der Waals surface area contributed by atoms with E-state index in [1.165, 1.54) is 0 Å². The second kappa shape index (κ2) is 11.6. The Morgan fingerprint density at radius 3 is 1.33 bits per heavy atom. The van der Waals surface area contributed by atoms with Crippen LogP contribution < -0.4 is 0 Å². The molecule has 5 nitrogen and oxygen atoms in total. The maximum Gasteiger partial charge on any atom is 0.177 e. The molecule has 198 valence electrons. The van der Waals surface area contributed by atoms with Crippen LogP contribution in [-0.4, -0.2) is 29.7 Å². The van der Waals surface area contributed by atoms with E-state index in [2.05, 4.69) is 0 Å². The van der Waals surface area contributed by atoms with Crippen molar-refractivity contribution in [3.8, 4) is 0 Å². The summed E-state index contributed by atoms with van der Waals surface area (Å²) >= 11 is 0. The zero-order valence-electron chi connectivity index (χ0n) is 21.7. The molecule has 2 saturated carbocycles. The van der Waals surface area contributed by atoms with Crippen molar-refractivity contribution in [3.63, 3.8) is 0 Å². The number of benzene rings is 4. The molecule has 4 aromatic rings. The molecule has 5 atom stereocenters. The predicted molar refractivity (Wildman–Crippen MR) is 148 cm³/mol. The quantitative estimate of drug-likeness (QED) is 0.232. The fourth-order valence-corrected chi connectivity index (χ4v) is 5.54. The Morgan fingerprint density at radius 2 is 0.872 bits per heavy atom. The van der Waals surface area contributed by atoms with Crippen LogP contribution >= 0.6 is 0 Å². The van der Waals surface area contributed by atoms with Crippen molar-refractivity contribution in [2.75, 3.05) is 0 Å². The van der Waals surface area contributed by atoms with Crippen LogP contribution in [0.15, 0.2) is 121 Å². The van der Waals surface area contributed by atoms with Gasteiger partial charge in [-0.1, -0.05) is 121 Å². The summed E-state index contributed by atoms with van der Waals surface area (Å²) in [6, 6.07) is 39.9. The Kier molecular flexibility index (Phi) is 7.66. The Bertz CT molecular complexity index is 1350. The largest absolute Gasteiger partial charge is 0.370 e. The minimum absolute atomic E-state index is 0.0223. The van der Waals surface area contributed by atoms with Crippen molar-refractivity contribution in [1.82, 2.24) is 0 Å². The van der Waals surface area contributed by atoms with E-state index in [9.17, 15) is 4.79 Å². The maximum atomic E-state index is 13.6. The third kappa shape index (κ3) is 5.45. The highest BCUT2D eigenvalue weighted by molar-refractivity contribution is 6.10. The zero-order valence-corrected chi connectivity index (χ0v) is 21.7. The zero-order chi connectivity index (χ0) is 26.5. The highest BCUT2D eigenvalue weighted by atomic mass is 16.6. The number of hydrogen-bond donors (Lipinski definition) is 0. The third-order valence-electron chi connectivity index (χ3n) is 7.58. The van der Waals surface area contributed by atoms with Gasteiger partial charge in [-0.3, -0.25) is 4.79 Å². The molecule has 0 spiro atoms. The van der Waals surface area contributed by atoms with Crippen LogP contribution in [0.1, 0.15) is 22.3 Å². The van der Waals surface area contributed by atoms with Crippen molar-refractivity contribution in [2.24, 2.45) is 5.92 Å². The number of Topliss-reactive ketones (excluding diaryl/α,β-unsaturated/α-hetero) is 1. The summed E-state index contributed by atoms with van der Waals surface area (Å²) in [5.41, 5.74) is 3.01. The van der Waals surface area contributed by atoms with E-state index in [1.807, 2.05) is 121 Å². The van der Waals surface area contributed by atoms with Crippen molar-refractivity contribution in [3.05, 3.63) is 144 Å². The van der Waals surface area contributed by atoms with Gasteiger partial charge in [0, 0.05) is 0 Å². The molecular weight excluding hydrogens is 488 g/mol. The monoisotopic (exact) mass is 520 g/mol. The van der Waals surface area contributed by atoms with Gasteiger partial charge in [-0.15, -0.1) is 0 Å². The van der Waals surface area contributed by atoms with E-state index in [0.29, 0.717) is 26.4 Å². The molecule has 0 radical (unpaired) electrons. The van der Waals surface area contributed by atoms with Gasteiger partial charge in [-0.25, -0.2) is 0 Å². The standard InChI is InChI=1S/C34H32O5/c35-32-29-30(36-21-25-13-5-1-6-14-25)31(37-22-26-15-7-2-8-16-26)33(38-23-27-17-9-3-10-18-27)34(29,32)39-24-28-19-11-4-12-20-28/h1-20,29-31,33H,21-24H2/t29?,30?,31-,33?,34?/m1/s1. The summed E-state index contributed by atoms with van der Waals surface area (Å²) in [6.07, 6.45) is -1.57. The van der Waals surface area contributed by atoms with Gasteiger partial charge in [0.1, 0.15) is 12.2 Å². The van der Waals surface area contributed by atoms with E-state index >= 15 is 0 Å². The first-order chi connectivity index (χ1) is 19.3. The molecule has 2 aliphatic rings. The topological polar surface area (TPSA) is 54.0 Å². The fourth-order valence-electron chi connectivity index (χ4n) is 5.54. The first-order valence-electron chi connectivity index (χ1n) is 13.4. The summed E-state index contributed by atoms with van der Waals surface area (Å²) < 4.78 is 26.0. The van der Waals surface area contributed by atoms with Crippen LogP contribution in [0.5, 0.6) is 0 Å². The maximum absolute atomic E-state index is 13.6. The molecule has 0 N–H and O–H groups in total. The summed E-state index contributed by atoms with van der Waals surface area (Å²) in [6.45, 7) is 1.42. The van der Waals surface area contributed by atoms with Crippen LogP contribution in [0.2, 0.25) is 0 Å². The average molecular weight is 521 g/mol. The van der Waals surface area contributed by atoms with E-state index < -0.39 is 29.8 Å². The van der Waals surface area contributed by atoms with Crippen LogP contribution in [-0.2, 0) is 50.2 Å². The Labute approximate surface area is 229 Å². The lowest BCUT2D eigenvalue weighted by molar-refractivity contribution is -0.171. The molecule has 39 heavy (non-hydrogen) atoms. The number of carbonyl (C=O) groups excluding carboxylic acids is 1. The number of fused-ring (bicyclic) bond motifs is 1. The number of rotatable bonds is 12. The number of carbonyl (C=O) groups is 1. The number of hydrogen-bond acceptors (Lipinski definition) is 5. The molecule has 0 amide bonds. The van der Waals surface area contributed by atoms with Crippen LogP contribution in [0, 0.1) is 5.92 Å². The molecular formula is C34H32O5. The SMILES string of the molecule is O=C1C2C(OCc3ccccc3)[C@@H](OCc3ccccc3)C(OCc3ccccc3)C12OCc1ccccc1. The normalized spacial score (nSPS) is 25.4. The third-order valence-corrected chi connectivity index (χ3v) is 7.58. The van der Waals surface area contributed by atoms with Crippen molar-refractivity contribution < 1.29 is 23.7 Å². The average Bonchev–Trinajstić information content (AvgIpc) is 3.48. The Balaban J connectivity index is 1.29. The molecule has 4 aromatic carbocycles. The van der Waals surface area contributed by atoms with Gasteiger partial charge < -0.3 is 18.9 Å². The van der Waals surface area contributed by atoms with Gasteiger partial charge in [-0.2, -0.15) is 0 Å². The van der Waals surface area contributed by atoms with Gasteiger partial charge in [-0.05, 0) is 22.3 Å². The first-order valence-corrected chi connectivity index (χ1v) is 13.4. The minimum Gasteiger partial charge on any atom is -0.370 e. The lowest BCUT2D eigenvalue weighted by atomic mass is 10.1. The Morgan fingerprint density at radius 1 is 0.487 bits per heavy atom. The molecule has 0 saturated heterocycles. The van der Waals surface area contributed by atoms with Gasteiger partial charge >= 0.3 is 0 Å². The molecule has 5 heteroatoms. The smallest absolute Gasteiger partial charge is 0.177 e. The summed E-state index contributed by atoms with van der Waals surface area (Å²) in [7, 11) is 0. The fraction of sp³-hybridized carbons (Fsp3) is 0.265. The van der Waals surface area contributed by atoms with E-state index in [0.717, 1.165) is 22.3 Å². The van der Waals surface area contributed by atoms with Crippen LogP contribution in [0.25, 0.3) is 0 Å². The second-order valence-corrected chi connectivity index (χ2v) is 10.1. The second-order valence-electron chi connectivity index (χ2n) is 10.1. The Hall–Kier alpha value is -3.61. The van der Waals surface area contributed by atoms with Gasteiger partial charge in [0.15, 0.2) is 11.4 Å². The molecule has 0 heterocycles. The lowest BCUT2D eigenvalue weighted by Crippen LogP contribution is -2.46. The lowest BCUT2D eigenvalue weighted by Gasteiger charge is -2.31. The number of ether oxygens (including phenoxy) is 4. The van der Waals surface area contributed by atoms with E-state index in [4.69, 9.17) is 18.9 Å². The van der Waals surface area contributed by atoms with Gasteiger partial charge in [0.25, 0.3) is 0 Å². The van der Waals surface area contributed by atoms with Crippen molar-refractivity contribution >= 4 is 5.78 Å². The number of ketones is 1. The van der Waals surface area contributed by atoms with Crippen LogP contribution in [0.4, 0.5) is 0 Å². The predicted octanol–water partition coefficient (Wildman–Crippen LogP) is 5.91. The molecule has 2 aliphatic carbocycles. The molecule has 0 bridgehead atoms. The van der Waals surface area contributed by atoms with Crippen molar-refractivity contribution in [1.29, 1.82) is 0 Å². The molecule has 6 rings (SSSR count). The summed E-state index contributed by atoms with van der Waals surface area (Å²) in [5, 5.41) is 0. The highest BCUT2D eigenvalue weighted by Gasteiger charge is 2.82. The molecule has 2 fully saturated rings. The van der Waals surface area contributed by atoms with Gasteiger partial charge in [0.05, 0.1) is 38.4 Å². The highest BCUT2D eigenvalue weighted by Crippen LogP contribution is 2.58. The summed E-state index contributed by atoms with van der Waals surface area (Å²) in [5.74, 6) is -0.430.